The highest BCUT2D eigenvalue weighted by Crippen LogP contribution is 2.36. The summed E-state index contributed by atoms with van der Waals surface area (Å²) < 4.78 is 22.1. The van der Waals surface area contributed by atoms with Crippen molar-refractivity contribution in [1.82, 2.24) is 5.32 Å². The molecule has 1 aliphatic carbocycles. The number of ether oxygens (including phenoxy) is 4. The Morgan fingerprint density at radius 3 is 1.95 bits per heavy atom. The van der Waals surface area contributed by atoms with Crippen molar-refractivity contribution >= 4 is 0 Å². The fourth-order valence-corrected chi connectivity index (χ4v) is 6.37. The predicted octanol–water partition coefficient (Wildman–Crippen LogP) is -7.90. The van der Waals surface area contributed by atoms with Crippen LogP contribution < -0.4 is 5.32 Å². The van der Waals surface area contributed by atoms with Crippen LogP contribution in [0, 0.1) is 5.92 Å². The van der Waals surface area contributed by atoms with Crippen molar-refractivity contribution in [1.29, 1.82) is 0 Å². The van der Waals surface area contributed by atoms with E-state index in [2.05, 4.69) is 5.32 Å². The highest BCUT2D eigenvalue weighted by Gasteiger charge is 2.53. The Morgan fingerprint density at radius 1 is 0.682 bits per heavy atom. The van der Waals surface area contributed by atoms with Crippen molar-refractivity contribution in [2.45, 2.75) is 123 Å². The van der Waals surface area contributed by atoms with Crippen LogP contribution in [0.5, 0.6) is 0 Å². The minimum atomic E-state index is -1.82. The van der Waals surface area contributed by atoms with Crippen molar-refractivity contribution < 1.29 is 85.3 Å². The second-order valence-electron chi connectivity index (χ2n) is 11.8. The number of nitrogens with one attached hydrogen (secondary N) is 1. The van der Waals surface area contributed by atoms with Crippen LogP contribution in [0.25, 0.3) is 0 Å². The SMILES string of the molecule is CC1O[C@@H](C[C@H]2C(CO)O[C@@H](O[C@H]3C(CO)OC(O)C(O)[C@H]3O)C(O)[C@H]2O)C(O)[C@@H](O)[C@H]1N[C@H]1C=C(CO)[C@@H](O)[C@H](O)[C@H]1O. The van der Waals surface area contributed by atoms with Gasteiger partial charge in [0.1, 0.15) is 61.0 Å². The first-order valence-corrected chi connectivity index (χ1v) is 14.5. The topological polar surface area (TPSA) is 312 Å². The molecule has 0 aromatic carbocycles. The Labute approximate surface area is 251 Å². The van der Waals surface area contributed by atoms with Crippen LogP contribution >= 0.6 is 0 Å². The summed E-state index contributed by atoms with van der Waals surface area (Å²) in [5.74, 6) is -1.08. The van der Waals surface area contributed by atoms with Gasteiger partial charge in [-0.1, -0.05) is 6.08 Å². The fourth-order valence-electron chi connectivity index (χ4n) is 6.37. The van der Waals surface area contributed by atoms with Crippen LogP contribution in [0.3, 0.4) is 0 Å². The largest absolute Gasteiger partial charge is 0.394 e. The van der Waals surface area contributed by atoms with Gasteiger partial charge in [-0.25, -0.2) is 0 Å². The molecule has 7 unspecified atom stereocenters. The first-order chi connectivity index (χ1) is 20.7. The van der Waals surface area contributed by atoms with E-state index in [4.69, 9.17) is 18.9 Å². The molecule has 4 rings (SSSR count). The van der Waals surface area contributed by atoms with Gasteiger partial charge in [-0.3, -0.25) is 0 Å². The third kappa shape index (κ3) is 6.98. The number of hydrogen-bond acceptors (Lipinski definition) is 18. The number of hydrogen-bond donors (Lipinski definition) is 14. The lowest BCUT2D eigenvalue weighted by Crippen LogP contribution is -2.67. The molecular weight excluding hydrogens is 598 g/mol. The maximum absolute atomic E-state index is 11.0. The van der Waals surface area contributed by atoms with E-state index in [0.717, 1.165) is 0 Å². The highest BCUT2D eigenvalue weighted by atomic mass is 16.7. The summed E-state index contributed by atoms with van der Waals surface area (Å²) in [6.07, 6.45) is -23.4. The van der Waals surface area contributed by atoms with Crippen LogP contribution in [0.15, 0.2) is 11.6 Å². The van der Waals surface area contributed by atoms with E-state index in [1.165, 1.54) is 6.08 Å². The Hall–Kier alpha value is -0.980. The molecule has 3 saturated heterocycles. The van der Waals surface area contributed by atoms with Gasteiger partial charge in [0.05, 0.1) is 56.3 Å². The van der Waals surface area contributed by atoms with Gasteiger partial charge < -0.3 is 90.6 Å². The second kappa shape index (κ2) is 14.8. The van der Waals surface area contributed by atoms with Gasteiger partial charge in [-0.15, -0.1) is 0 Å². The fraction of sp³-hybridized carbons (Fsp3) is 0.923. The van der Waals surface area contributed by atoms with E-state index in [1.54, 1.807) is 6.92 Å². The average molecular weight is 644 g/mol. The minimum Gasteiger partial charge on any atom is -0.394 e. The summed E-state index contributed by atoms with van der Waals surface area (Å²) in [7, 11) is 0. The van der Waals surface area contributed by atoms with E-state index in [-0.39, 0.29) is 12.0 Å². The van der Waals surface area contributed by atoms with E-state index < -0.39 is 136 Å². The molecular formula is C26H45NO17. The van der Waals surface area contributed by atoms with Crippen LogP contribution in [-0.2, 0) is 18.9 Å². The minimum absolute atomic E-state index is 0.0472. The monoisotopic (exact) mass is 643 g/mol. The third-order valence-electron chi connectivity index (χ3n) is 9.05. The van der Waals surface area contributed by atoms with Crippen molar-refractivity contribution in [3.05, 3.63) is 11.6 Å². The summed E-state index contributed by atoms with van der Waals surface area (Å²) in [5, 5.41) is 136. The third-order valence-corrected chi connectivity index (χ3v) is 9.05. The Kier molecular flexibility index (Phi) is 12.1. The van der Waals surface area contributed by atoms with Gasteiger partial charge in [-0.2, -0.15) is 0 Å². The molecule has 3 aliphatic heterocycles. The molecule has 44 heavy (non-hydrogen) atoms. The van der Waals surface area contributed by atoms with Crippen molar-refractivity contribution in [3.63, 3.8) is 0 Å². The standard InChI is InChI=1S/C26H45NO17/c1-7-14(27-10-2-8(4-28)15(31)20(36)17(10)33)19(35)18(34)11(41-7)3-9-12(5-29)43-26(23(39)16(9)32)44-24-13(6-30)42-25(40)22(38)21(24)37/h2,7,9-40H,3-6H2,1H3/t7?,9-,10-,11-,12?,13?,14-,15+,16-,17-,18?,19-,20-,21+,22?,23?,24-,25?,26-/m0/s1. The zero-order valence-corrected chi connectivity index (χ0v) is 23.8. The first-order valence-electron chi connectivity index (χ1n) is 14.5. The van der Waals surface area contributed by atoms with E-state index in [1.807, 2.05) is 0 Å². The summed E-state index contributed by atoms with van der Waals surface area (Å²) in [5.41, 5.74) is 0.0472. The summed E-state index contributed by atoms with van der Waals surface area (Å²) >= 11 is 0. The number of aliphatic hydroxyl groups is 13. The van der Waals surface area contributed by atoms with Gasteiger partial charge in [0.2, 0.25) is 0 Å². The molecule has 3 heterocycles. The highest BCUT2D eigenvalue weighted by molar-refractivity contribution is 5.22. The maximum Gasteiger partial charge on any atom is 0.187 e. The molecule has 4 aliphatic rings. The van der Waals surface area contributed by atoms with Gasteiger partial charge in [0.25, 0.3) is 0 Å². The molecule has 0 amide bonds. The van der Waals surface area contributed by atoms with E-state index in [9.17, 15) is 66.4 Å². The Morgan fingerprint density at radius 2 is 1.34 bits per heavy atom. The van der Waals surface area contributed by atoms with Crippen molar-refractivity contribution in [2.24, 2.45) is 5.92 Å². The van der Waals surface area contributed by atoms with Gasteiger partial charge >= 0.3 is 0 Å². The molecule has 0 aromatic rings. The second-order valence-corrected chi connectivity index (χ2v) is 11.8. The number of aliphatic hydroxyl groups excluding tert-OH is 13. The Bertz CT molecular complexity index is 958. The van der Waals surface area contributed by atoms with Gasteiger partial charge in [0, 0.05) is 5.92 Å². The average Bonchev–Trinajstić information content (AvgIpc) is 3.00. The van der Waals surface area contributed by atoms with E-state index in [0.29, 0.717) is 0 Å². The molecule has 18 nitrogen and oxygen atoms in total. The molecule has 3 fully saturated rings. The lowest BCUT2D eigenvalue weighted by molar-refractivity contribution is -0.353. The molecule has 18 heteroatoms. The van der Waals surface area contributed by atoms with Crippen LogP contribution in [0.2, 0.25) is 0 Å². The molecule has 0 saturated carbocycles. The quantitative estimate of drug-likeness (QED) is 0.104. The molecule has 0 aromatic heterocycles. The first kappa shape index (κ1) is 35.9. The zero-order chi connectivity index (χ0) is 32.6. The molecule has 0 radical (unpaired) electrons. The normalized spacial score (nSPS) is 52.0. The van der Waals surface area contributed by atoms with Gasteiger partial charge in [0.15, 0.2) is 12.6 Å². The molecule has 256 valence electrons. The zero-order valence-electron chi connectivity index (χ0n) is 23.8. The van der Waals surface area contributed by atoms with Gasteiger partial charge in [-0.05, 0) is 18.9 Å². The van der Waals surface area contributed by atoms with Crippen LogP contribution in [0.4, 0.5) is 0 Å². The lowest BCUT2D eigenvalue weighted by Gasteiger charge is -2.49. The van der Waals surface area contributed by atoms with Crippen LogP contribution in [-0.4, -0.2) is 196 Å². The molecule has 14 N–H and O–H groups in total. The smallest absolute Gasteiger partial charge is 0.187 e. The molecule has 19 atom stereocenters. The Balaban J connectivity index is 1.42. The number of rotatable bonds is 9. The lowest BCUT2D eigenvalue weighted by atomic mass is 9.80. The summed E-state index contributed by atoms with van der Waals surface area (Å²) in [6, 6.07) is -2.05. The van der Waals surface area contributed by atoms with Crippen molar-refractivity contribution in [3.8, 4) is 0 Å². The molecule has 0 spiro atoms. The van der Waals surface area contributed by atoms with Crippen molar-refractivity contribution in [2.75, 3.05) is 19.8 Å². The predicted molar refractivity (Wildman–Crippen MR) is 141 cm³/mol. The maximum atomic E-state index is 11.0. The van der Waals surface area contributed by atoms with E-state index >= 15 is 0 Å². The summed E-state index contributed by atoms with van der Waals surface area (Å²) in [4.78, 5) is 0. The van der Waals surface area contributed by atoms with Crippen LogP contribution in [0.1, 0.15) is 13.3 Å². The molecule has 0 bridgehead atoms. The summed E-state index contributed by atoms with van der Waals surface area (Å²) in [6.45, 7) is -0.503.